The van der Waals surface area contributed by atoms with Crippen molar-refractivity contribution in [1.82, 2.24) is 9.88 Å². The van der Waals surface area contributed by atoms with Gasteiger partial charge in [0.05, 0.1) is 5.60 Å². The molecule has 2 aromatic carbocycles. The van der Waals surface area contributed by atoms with E-state index in [0.717, 1.165) is 38.0 Å². The molecular formula is C21H24N2O. The van der Waals surface area contributed by atoms with Crippen LogP contribution in [0.4, 0.5) is 0 Å². The molecule has 1 saturated heterocycles. The second-order valence-electron chi connectivity index (χ2n) is 7.03. The highest BCUT2D eigenvalue weighted by atomic mass is 16.3. The Bertz CT molecular complexity index is 826. The first-order valence-corrected chi connectivity index (χ1v) is 8.71. The molecule has 4 rings (SSSR count). The predicted octanol–water partition coefficient (Wildman–Crippen LogP) is 3.96. The number of piperidine rings is 1. The lowest BCUT2D eigenvalue weighted by atomic mass is 9.84. The fourth-order valence-electron chi connectivity index (χ4n) is 3.74. The summed E-state index contributed by atoms with van der Waals surface area (Å²) in [6.45, 7) is 4.86. The zero-order valence-corrected chi connectivity index (χ0v) is 14.1. The summed E-state index contributed by atoms with van der Waals surface area (Å²) in [7, 11) is 0. The van der Waals surface area contributed by atoms with Gasteiger partial charge in [-0.05, 0) is 37.0 Å². The van der Waals surface area contributed by atoms with E-state index in [9.17, 15) is 5.11 Å². The van der Waals surface area contributed by atoms with Crippen LogP contribution >= 0.6 is 0 Å². The van der Waals surface area contributed by atoms with Crippen molar-refractivity contribution in [2.24, 2.45) is 0 Å². The third-order valence-electron chi connectivity index (χ3n) is 5.34. The molecular weight excluding hydrogens is 296 g/mol. The van der Waals surface area contributed by atoms with Crippen LogP contribution in [0.3, 0.4) is 0 Å². The molecule has 1 aromatic heterocycles. The summed E-state index contributed by atoms with van der Waals surface area (Å²) in [5.41, 5.74) is 4.15. The normalized spacial score (nSPS) is 18.1. The van der Waals surface area contributed by atoms with Crippen LogP contribution in [0.15, 0.2) is 54.7 Å². The number of fused-ring (bicyclic) bond motifs is 1. The molecule has 0 amide bonds. The molecule has 3 nitrogen and oxygen atoms in total. The number of aromatic amines is 1. The number of rotatable bonds is 3. The van der Waals surface area contributed by atoms with Gasteiger partial charge in [0.2, 0.25) is 0 Å². The van der Waals surface area contributed by atoms with Crippen LogP contribution in [0, 0.1) is 6.92 Å². The molecule has 3 aromatic rings. The van der Waals surface area contributed by atoms with Crippen molar-refractivity contribution in [2.75, 3.05) is 13.1 Å². The zero-order chi connectivity index (χ0) is 16.6. The van der Waals surface area contributed by atoms with E-state index in [1.54, 1.807) is 0 Å². The number of benzene rings is 2. The average Bonchev–Trinajstić information content (AvgIpc) is 3.01. The van der Waals surface area contributed by atoms with E-state index in [4.69, 9.17) is 0 Å². The first kappa shape index (κ1) is 15.4. The molecule has 2 N–H and O–H groups in total. The average molecular weight is 320 g/mol. The largest absolute Gasteiger partial charge is 0.385 e. The number of hydrogen-bond donors (Lipinski definition) is 2. The highest BCUT2D eigenvalue weighted by Gasteiger charge is 2.33. The van der Waals surface area contributed by atoms with Crippen LogP contribution in [0.1, 0.15) is 29.5 Å². The van der Waals surface area contributed by atoms with Gasteiger partial charge < -0.3 is 10.1 Å². The number of aryl methyl sites for hydroxylation is 1. The lowest BCUT2D eigenvalue weighted by Gasteiger charge is -2.38. The van der Waals surface area contributed by atoms with Crippen LogP contribution in [0.5, 0.6) is 0 Å². The van der Waals surface area contributed by atoms with Crippen LogP contribution in [0.2, 0.25) is 0 Å². The van der Waals surface area contributed by atoms with Gasteiger partial charge in [0.15, 0.2) is 0 Å². The van der Waals surface area contributed by atoms with Gasteiger partial charge in [-0.25, -0.2) is 0 Å². The van der Waals surface area contributed by atoms with E-state index in [1.807, 2.05) is 0 Å². The van der Waals surface area contributed by atoms with Gasteiger partial charge in [-0.15, -0.1) is 0 Å². The minimum atomic E-state index is -0.676. The van der Waals surface area contributed by atoms with Crippen LogP contribution in [-0.2, 0) is 12.1 Å². The van der Waals surface area contributed by atoms with Gasteiger partial charge in [-0.1, -0.05) is 48.0 Å². The SMILES string of the molecule is Cc1ccc(C2(O)CCN(Cc3c[nH]c4ccccc34)CC2)cc1. The lowest BCUT2D eigenvalue weighted by Crippen LogP contribution is -2.42. The summed E-state index contributed by atoms with van der Waals surface area (Å²) < 4.78 is 0. The summed E-state index contributed by atoms with van der Waals surface area (Å²) in [4.78, 5) is 5.79. The molecule has 24 heavy (non-hydrogen) atoms. The fraction of sp³-hybridized carbons (Fsp3) is 0.333. The summed E-state index contributed by atoms with van der Waals surface area (Å²) in [6, 6.07) is 16.8. The smallest absolute Gasteiger partial charge is 0.0920 e. The number of hydrogen-bond acceptors (Lipinski definition) is 2. The number of nitrogens with zero attached hydrogens (tertiary/aromatic N) is 1. The van der Waals surface area contributed by atoms with Gasteiger partial charge in [0, 0.05) is 36.7 Å². The van der Waals surface area contributed by atoms with E-state index in [0.29, 0.717) is 0 Å². The topological polar surface area (TPSA) is 39.3 Å². The standard InChI is InChI=1S/C21H24N2O/c1-16-6-8-18(9-7-16)21(24)10-12-23(13-11-21)15-17-14-22-20-5-3-2-4-19(17)20/h2-9,14,22,24H,10-13,15H2,1H3. The Morgan fingerprint density at radius 1 is 1.04 bits per heavy atom. The number of likely N-dealkylation sites (tertiary alicyclic amines) is 1. The van der Waals surface area contributed by atoms with Crippen molar-refractivity contribution < 1.29 is 5.11 Å². The number of aromatic nitrogens is 1. The maximum atomic E-state index is 11.0. The minimum absolute atomic E-state index is 0.676. The Kier molecular flexibility index (Phi) is 3.91. The maximum absolute atomic E-state index is 11.0. The molecule has 0 bridgehead atoms. The third kappa shape index (κ3) is 2.85. The monoisotopic (exact) mass is 320 g/mol. The summed E-state index contributed by atoms with van der Waals surface area (Å²) >= 11 is 0. The number of aliphatic hydroxyl groups is 1. The molecule has 0 saturated carbocycles. The van der Waals surface area contributed by atoms with Gasteiger partial charge in [0.25, 0.3) is 0 Å². The first-order valence-electron chi connectivity index (χ1n) is 8.71. The van der Waals surface area contributed by atoms with Crippen molar-refractivity contribution in [3.8, 4) is 0 Å². The molecule has 1 aliphatic heterocycles. The van der Waals surface area contributed by atoms with Crippen molar-refractivity contribution in [3.63, 3.8) is 0 Å². The maximum Gasteiger partial charge on any atom is 0.0920 e. The Hall–Kier alpha value is -2.10. The summed E-state index contributed by atoms with van der Waals surface area (Å²) in [5, 5.41) is 12.3. The Morgan fingerprint density at radius 2 is 1.75 bits per heavy atom. The number of H-pyrrole nitrogens is 1. The Morgan fingerprint density at radius 3 is 2.50 bits per heavy atom. The molecule has 0 aliphatic carbocycles. The summed E-state index contributed by atoms with van der Waals surface area (Å²) in [5.74, 6) is 0. The molecule has 0 unspecified atom stereocenters. The molecule has 0 spiro atoms. The number of para-hydroxylation sites is 1. The second-order valence-corrected chi connectivity index (χ2v) is 7.03. The van der Waals surface area contributed by atoms with E-state index in [-0.39, 0.29) is 0 Å². The molecule has 3 heteroatoms. The summed E-state index contributed by atoms with van der Waals surface area (Å²) in [6.07, 6.45) is 3.70. The Labute approximate surface area is 142 Å². The number of nitrogens with one attached hydrogen (secondary N) is 1. The lowest BCUT2D eigenvalue weighted by molar-refractivity contribution is -0.0276. The van der Waals surface area contributed by atoms with Gasteiger partial charge in [-0.2, -0.15) is 0 Å². The molecule has 2 heterocycles. The Balaban J connectivity index is 1.45. The van der Waals surface area contributed by atoms with Gasteiger partial charge in [0.1, 0.15) is 0 Å². The third-order valence-corrected chi connectivity index (χ3v) is 5.34. The van der Waals surface area contributed by atoms with Crippen LogP contribution in [0.25, 0.3) is 10.9 Å². The molecule has 1 fully saturated rings. The second kappa shape index (κ2) is 6.08. The molecule has 1 aliphatic rings. The first-order chi connectivity index (χ1) is 11.6. The van der Waals surface area contributed by atoms with Crippen molar-refractivity contribution in [2.45, 2.75) is 31.9 Å². The highest BCUT2D eigenvalue weighted by Crippen LogP contribution is 2.33. The molecule has 0 radical (unpaired) electrons. The zero-order valence-electron chi connectivity index (χ0n) is 14.1. The van der Waals surface area contributed by atoms with Crippen molar-refractivity contribution in [3.05, 3.63) is 71.4 Å². The van der Waals surface area contributed by atoms with Crippen LogP contribution < -0.4 is 0 Å². The van der Waals surface area contributed by atoms with Gasteiger partial charge >= 0.3 is 0 Å². The van der Waals surface area contributed by atoms with Crippen molar-refractivity contribution in [1.29, 1.82) is 0 Å². The van der Waals surface area contributed by atoms with E-state index in [1.165, 1.54) is 22.0 Å². The van der Waals surface area contributed by atoms with E-state index >= 15 is 0 Å². The van der Waals surface area contributed by atoms with Crippen LogP contribution in [-0.4, -0.2) is 28.1 Å². The van der Waals surface area contributed by atoms with Crippen molar-refractivity contribution >= 4 is 10.9 Å². The highest BCUT2D eigenvalue weighted by molar-refractivity contribution is 5.82. The molecule has 0 atom stereocenters. The minimum Gasteiger partial charge on any atom is -0.385 e. The fourth-order valence-corrected chi connectivity index (χ4v) is 3.74. The molecule has 124 valence electrons. The quantitative estimate of drug-likeness (QED) is 0.767. The van der Waals surface area contributed by atoms with Gasteiger partial charge in [-0.3, -0.25) is 4.90 Å². The van der Waals surface area contributed by atoms with E-state index in [2.05, 4.69) is 71.5 Å². The predicted molar refractivity (Wildman–Crippen MR) is 97.9 cm³/mol. The van der Waals surface area contributed by atoms with E-state index < -0.39 is 5.60 Å².